The topological polar surface area (TPSA) is 98.4 Å². The second kappa shape index (κ2) is 9.25. The summed E-state index contributed by atoms with van der Waals surface area (Å²) in [5.41, 5.74) is 1.71. The van der Waals surface area contributed by atoms with Crippen molar-refractivity contribution in [3.05, 3.63) is 41.1 Å². The first kappa shape index (κ1) is 21.6. The summed E-state index contributed by atoms with van der Waals surface area (Å²) in [5.74, 6) is -0.281. The summed E-state index contributed by atoms with van der Waals surface area (Å²) in [6.07, 6.45) is 1.50. The molecule has 3 heterocycles. The lowest BCUT2D eigenvalue weighted by molar-refractivity contribution is -0.184. The number of urea groups is 1. The number of hydrogen-bond acceptors (Lipinski definition) is 7. The molecular formula is C22H29N3O6. The van der Waals surface area contributed by atoms with E-state index in [-0.39, 0.29) is 12.6 Å². The first-order valence-corrected chi connectivity index (χ1v) is 10.7. The van der Waals surface area contributed by atoms with Gasteiger partial charge >= 0.3 is 12.0 Å². The van der Waals surface area contributed by atoms with Crippen molar-refractivity contribution in [2.24, 2.45) is 0 Å². The predicted octanol–water partition coefficient (Wildman–Crippen LogP) is 1.71. The number of rotatable bonds is 6. The number of benzene rings is 1. The molecule has 0 aliphatic carbocycles. The molecule has 1 spiro atoms. The fraction of sp³-hybridized carbons (Fsp3) is 0.545. The molecule has 1 aromatic carbocycles. The zero-order chi connectivity index (χ0) is 21.8. The highest BCUT2D eigenvalue weighted by Gasteiger charge is 2.41. The second-order valence-electron chi connectivity index (χ2n) is 7.80. The van der Waals surface area contributed by atoms with Gasteiger partial charge in [0.15, 0.2) is 5.79 Å². The van der Waals surface area contributed by atoms with Crippen molar-refractivity contribution in [2.75, 3.05) is 46.6 Å². The first-order valence-electron chi connectivity index (χ1n) is 10.7. The molecule has 0 bridgehead atoms. The van der Waals surface area contributed by atoms with Crippen LogP contribution in [0.4, 0.5) is 4.79 Å². The van der Waals surface area contributed by atoms with Gasteiger partial charge in [0.2, 0.25) is 0 Å². The van der Waals surface area contributed by atoms with Gasteiger partial charge in [-0.25, -0.2) is 9.59 Å². The maximum absolute atomic E-state index is 12.9. The number of nitrogens with one attached hydrogen (secondary N) is 2. The summed E-state index contributed by atoms with van der Waals surface area (Å²) in [7, 11) is 1.58. The third kappa shape index (κ3) is 4.68. The average Bonchev–Trinajstić information content (AvgIpc) is 3.23. The van der Waals surface area contributed by atoms with Crippen LogP contribution in [0.25, 0.3) is 0 Å². The van der Waals surface area contributed by atoms with Crippen LogP contribution >= 0.6 is 0 Å². The number of ether oxygens (including phenoxy) is 4. The molecule has 0 saturated carbocycles. The molecule has 9 heteroatoms. The van der Waals surface area contributed by atoms with E-state index in [9.17, 15) is 9.59 Å². The van der Waals surface area contributed by atoms with E-state index in [2.05, 4.69) is 15.5 Å². The van der Waals surface area contributed by atoms with E-state index in [0.29, 0.717) is 36.8 Å². The van der Waals surface area contributed by atoms with Gasteiger partial charge in [-0.3, -0.25) is 4.90 Å². The SMILES string of the molecule is CCOC(=O)C1=C(CN2CCC3(CC2)OCCO3)NC(=O)N[C@H]1c1cccc(OC)c1. The van der Waals surface area contributed by atoms with E-state index in [0.717, 1.165) is 31.5 Å². The molecule has 9 nitrogen and oxygen atoms in total. The third-order valence-corrected chi connectivity index (χ3v) is 5.89. The highest BCUT2D eigenvalue weighted by atomic mass is 16.7. The molecule has 3 aliphatic rings. The molecule has 2 fully saturated rings. The summed E-state index contributed by atoms with van der Waals surface area (Å²) >= 11 is 0. The second-order valence-corrected chi connectivity index (χ2v) is 7.80. The van der Waals surface area contributed by atoms with E-state index in [1.165, 1.54) is 0 Å². The van der Waals surface area contributed by atoms with Crippen LogP contribution in [-0.4, -0.2) is 69.3 Å². The quantitative estimate of drug-likeness (QED) is 0.662. The number of nitrogens with zero attached hydrogens (tertiary/aromatic N) is 1. The molecule has 1 aromatic rings. The summed E-state index contributed by atoms with van der Waals surface area (Å²) in [5, 5.41) is 5.69. The van der Waals surface area contributed by atoms with E-state index in [1.807, 2.05) is 24.3 Å². The van der Waals surface area contributed by atoms with Crippen molar-refractivity contribution in [3.8, 4) is 5.75 Å². The van der Waals surface area contributed by atoms with Gasteiger partial charge in [0, 0.05) is 38.2 Å². The number of carbonyl (C=O) groups is 2. The van der Waals surface area contributed by atoms with Crippen LogP contribution in [0.15, 0.2) is 35.5 Å². The molecule has 2 saturated heterocycles. The van der Waals surface area contributed by atoms with Crippen LogP contribution in [0, 0.1) is 0 Å². The van der Waals surface area contributed by atoms with Crippen molar-refractivity contribution in [3.63, 3.8) is 0 Å². The normalized spacial score (nSPS) is 23.4. The van der Waals surface area contributed by atoms with Gasteiger partial charge in [0.1, 0.15) is 5.75 Å². The fourth-order valence-electron chi connectivity index (χ4n) is 4.32. The van der Waals surface area contributed by atoms with Crippen molar-refractivity contribution in [1.29, 1.82) is 0 Å². The standard InChI is InChI=1S/C22H29N3O6/c1-3-29-20(26)18-17(14-25-9-7-22(8-10-25)30-11-12-31-22)23-21(27)24-19(18)15-5-4-6-16(13-15)28-2/h4-6,13,19H,3,7-12,14H2,1-2H3,(H2,23,24,27)/t19-/m0/s1. The van der Waals surface area contributed by atoms with E-state index < -0.39 is 17.8 Å². The Morgan fingerprint density at radius 3 is 2.68 bits per heavy atom. The number of likely N-dealkylation sites (tertiary alicyclic amines) is 1. The van der Waals surface area contributed by atoms with Crippen molar-refractivity contribution in [1.82, 2.24) is 15.5 Å². The van der Waals surface area contributed by atoms with Gasteiger partial charge in [-0.2, -0.15) is 0 Å². The zero-order valence-corrected chi connectivity index (χ0v) is 17.9. The Labute approximate surface area is 181 Å². The van der Waals surface area contributed by atoms with Crippen molar-refractivity contribution in [2.45, 2.75) is 31.6 Å². The molecule has 1 atom stereocenters. The maximum atomic E-state index is 12.9. The van der Waals surface area contributed by atoms with Crippen molar-refractivity contribution >= 4 is 12.0 Å². The summed E-state index contributed by atoms with van der Waals surface area (Å²) in [6, 6.07) is 6.33. The molecule has 168 valence electrons. The molecule has 0 radical (unpaired) electrons. The van der Waals surface area contributed by atoms with E-state index >= 15 is 0 Å². The number of carbonyl (C=O) groups excluding carboxylic acids is 2. The average molecular weight is 431 g/mol. The lowest BCUT2D eigenvalue weighted by atomic mass is 9.94. The van der Waals surface area contributed by atoms with Gasteiger partial charge < -0.3 is 29.6 Å². The first-order chi connectivity index (χ1) is 15.0. The monoisotopic (exact) mass is 431 g/mol. The largest absolute Gasteiger partial charge is 0.497 e. The number of piperidine rings is 1. The molecular weight excluding hydrogens is 402 g/mol. The lowest BCUT2D eigenvalue weighted by Gasteiger charge is -2.39. The van der Waals surface area contributed by atoms with E-state index in [1.54, 1.807) is 14.0 Å². The van der Waals surface area contributed by atoms with Crippen LogP contribution < -0.4 is 15.4 Å². The third-order valence-electron chi connectivity index (χ3n) is 5.89. The highest BCUT2D eigenvalue weighted by Crippen LogP contribution is 2.33. The van der Waals surface area contributed by atoms with Gasteiger partial charge in [-0.15, -0.1) is 0 Å². The van der Waals surface area contributed by atoms with Gasteiger partial charge in [-0.05, 0) is 24.6 Å². The predicted molar refractivity (Wildman–Crippen MR) is 111 cm³/mol. The minimum absolute atomic E-state index is 0.245. The molecule has 0 unspecified atom stereocenters. The Morgan fingerprint density at radius 1 is 1.26 bits per heavy atom. The lowest BCUT2D eigenvalue weighted by Crippen LogP contribution is -2.51. The van der Waals surface area contributed by atoms with Crippen LogP contribution in [0.1, 0.15) is 31.4 Å². The summed E-state index contributed by atoms with van der Waals surface area (Å²) in [4.78, 5) is 27.6. The number of amides is 2. The number of esters is 1. The van der Waals surface area contributed by atoms with E-state index in [4.69, 9.17) is 18.9 Å². The fourth-order valence-corrected chi connectivity index (χ4v) is 4.32. The molecule has 3 aliphatic heterocycles. The molecule has 4 rings (SSSR count). The Bertz CT molecular complexity index is 855. The van der Waals surface area contributed by atoms with Crippen LogP contribution in [0.3, 0.4) is 0 Å². The Morgan fingerprint density at radius 2 is 2.00 bits per heavy atom. The molecule has 31 heavy (non-hydrogen) atoms. The summed E-state index contributed by atoms with van der Waals surface area (Å²) < 4.78 is 22.3. The van der Waals surface area contributed by atoms with Crippen LogP contribution in [-0.2, 0) is 19.0 Å². The summed E-state index contributed by atoms with van der Waals surface area (Å²) in [6.45, 7) is 5.18. The Kier molecular flexibility index (Phi) is 6.45. The number of methoxy groups -OCH3 is 1. The Balaban J connectivity index is 1.60. The van der Waals surface area contributed by atoms with Crippen LogP contribution in [0.5, 0.6) is 5.75 Å². The smallest absolute Gasteiger partial charge is 0.338 e. The van der Waals surface area contributed by atoms with Gasteiger partial charge in [0.25, 0.3) is 0 Å². The van der Waals surface area contributed by atoms with Crippen LogP contribution in [0.2, 0.25) is 0 Å². The van der Waals surface area contributed by atoms with Crippen molar-refractivity contribution < 1.29 is 28.5 Å². The molecule has 2 N–H and O–H groups in total. The minimum atomic E-state index is -0.629. The molecule has 2 amide bonds. The van der Waals surface area contributed by atoms with Gasteiger partial charge in [-0.1, -0.05) is 12.1 Å². The Hall–Kier alpha value is -2.62. The minimum Gasteiger partial charge on any atom is -0.497 e. The maximum Gasteiger partial charge on any atom is 0.338 e. The van der Waals surface area contributed by atoms with Gasteiger partial charge in [0.05, 0.1) is 38.5 Å². The zero-order valence-electron chi connectivity index (χ0n) is 17.9. The number of hydrogen-bond donors (Lipinski definition) is 2. The highest BCUT2D eigenvalue weighted by molar-refractivity contribution is 5.95. The molecule has 0 aromatic heterocycles.